The number of anilines is 7. The lowest BCUT2D eigenvalue weighted by Crippen LogP contribution is -2.30. The van der Waals surface area contributed by atoms with Crippen LogP contribution in [0.5, 0.6) is 0 Å². The van der Waals surface area contributed by atoms with Gasteiger partial charge in [0.05, 0.1) is 11.4 Å². The highest BCUT2D eigenvalue weighted by Gasteiger charge is 2.16. The van der Waals surface area contributed by atoms with Crippen LogP contribution in [-0.4, -0.2) is 88.6 Å². The van der Waals surface area contributed by atoms with Gasteiger partial charge in [0.15, 0.2) is 0 Å². The Morgan fingerprint density at radius 2 is 0.950 bits per heavy atom. The van der Waals surface area contributed by atoms with E-state index in [-0.39, 0.29) is 6.03 Å². The molecule has 0 aliphatic carbocycles. The molecule has 8 aromatic rings. The first-order valence-electron chi connectivity index (χ1n) is 25.0. The van der Waals surface area contributed by atoms with Crippen LogP contribution in [0, 0.1) is 0 Å². The molecule has 2 aliphatic heterocycles. The van der Waals surface area contributed by atoms with Crippen molar-refractivity contribution in [3.63, 3.8) is 0 Å². The molecule has 17 nitrogen and oxygen atoms in total. The Labute approximate surface area is 487 Å². The smallest absolute Gasteiger partial charge is 0.423 e. The van der Waals surface area contributed by atoms with Crippen molar-refractivity contribution >= 4 is 140 Å². The normalized spacial score (nSPS) is 11.9. The average Bonchev–Trinajstić information content (AvgIpc) is 4.21. The number of nitrogen functional groups attached to an aromatic ring is 1. The van der Waals surface area contributed by atoms with Crippen LogP contribution in [0.4, 0.5) is 55.3 Å². The number of rotatable bonds is 10. The largest absolute Gasteiger partial charge is 0.488 e. The minimum Gasteiger partial charge on any atom is -0.423 e. The van der Waals surface area contributed by atoms with Gasteiger partial charge in [0.2, 0.25) is 6.08 Å². The zero-order valence-electron chi connectivity index (χ0n) is 43.0. The number of hydrogen-bond donors (Lipinski definition) is 9. The molecular formula is C57H56B2BrCl3N10O7. The number of halogens is 4. The van der Waals surface area contributed by atoms with E-state index in [1.165, 1.54) is 43.9 Å². The van der Waals surface area contributed by atoms with Gasteiger partial charge in [-0.3, -0.25) is 0 Å². The zero-order chi connectivity index (χ0) is 57.2. The molecule has 0 saturated carbocycles. The second-order valence-electron chi connectivity index (χ2n) is 17.6. The first-order chi connectivity index (χ1) is 38.6. The Balaban J connectivity index is 0.000000173. The molecule has 0 bridgehead atoms. The molecule has 2 aromatic heterocycles. The lowest BCUT2D eigenvalue weighted by atomic mass is 9.80. The Hall–Kier alpha value is -7.74. The number of nitrogens with zero attached hydrogens (tertiary/aromatic N) is 5. The molecule has 10 rings (SSSR count). The number of pyridine rings is 2. The van der Waals surface area contributed by atoms with Crippen molar-refractivity contribution in [2.45, 2.75) is 25.7 Å². The number of benzene rings is 6. The van der Waals surface area contributed by atoms with Gasteiger partial charge in [-0.25, -0.2) is 24.4 Å². The van der Waals surface area contributed by atoms with Crippen LogP contribution in [0.3, 0.4) is 0 Å². The molecule has 0 atom stereocenters. The third kappa shape index (κ3) is 21.5. The number of carbonyl (C=O) groups excluding carboxylic acids is 3. The molecule has 23 heteroatoms. The number of aliphatic imine (C=N–C) groups is 1. The summed E-state index contributed by atoms with van der Waals surface area (Å²) in [5, 5.41) is 48.1. The molecule has 2 saturated heterocycles. The second kappa shape index (κ2) is 32.4. The fraction of sp³-hybridized carbons (Fsp3) is 0.140. The van der Waals surface area contributed by atoms with E-state index in [0.29, 0.717) is 60.1 Å². The topological polar surface area (TPSA) is 251 Å². The molecule has 2 aliphatic rings. The van der Waals surface area contributed by atoms with Crippen LogP contribution in [0.15, 0.2) is 192 Å². The third-order valence-electron chi connectivity index (χ3n) is 11.6. The van der Waals surface area contributed by atoms with Gasteiger partial charge >= 0.3 is 26.3 Å². The maximum absolute atomic E-state index is 12.3. The lowest BCUT2D eigenvalue weighted by Gasteiger charge is -2.17. The Morgan fingerprint density at radius 1 is 0.525 bits per heavy atom. The number of nitrogens with one attached hydrogen (secondary N) is 4. The predicted octanol–water partition coefficient (Wildman–Crippen LogP) is 11.0. The SMILES string of the molecule is Brc1cccc(N2CCCC2)n1.Nc1cccc(B(O)O)c1.O=C(Nc1ccc(Cl)cc1)Nc1cccc(-c2cccc(N3CCCC3)n2)c1.O=C(Nc1ccc(Cl)cc1)Nc1cccc(B(O)O)c1.O=C=Nc1ccc(Cl)cc1. The van der Waals surface area contributed by atoms with Gasteiger partial charge < -0.3 is 56.9 Å². The molecule has 410 valence electrons. The molecule has 2 fully saturated rings. The number of isocyanates is 1. The van der Waals surface area contributed by atoms with Gasteiger partial charge in [-0.2, -0.15) is 4.99 Å². The molecule has 0 unspecified atom stereocenters. The van der Waals surface area contributed by atoms with Gasteiger partial charge in [-0.15, -0.1) is 0 Å². The summed E-state index contributed by atoms with van der Waals surface area (Å²) in [4.78, 5) is 51.0. The monoisotopic (exact) mass is 1200 g/mol. The standard InChI is InChI=1S/C22H21ClN4O.C13H12BClN2O3.C9H11BrN2.C7H4ClNO.C6H8BNO2/c23-17-9-11-18(12-10-17)24-22(28)25-19-6-3-5-16(15-19)20-7-4-8-21(26-20)27-13-1-2-14-27;15-10-4-6-11(7-5-10)16-13(18)17-12-3-1-2-9(8-12)14(19)20;10-8-4-3-5-9(11-8)12-6-1-2-7-12;8-6-1-3-7(4-2-6)9-5-10;8-6-3-1-2-5(4-6)7(9)10/h3-12,15H,1-2,13-14H2,(H2,24,25,28);1-8,19-20H,(H2,16,17,18);3-5H,1-2,6-7H2;1-4H;1-4,9-10H,8H2. The van der Waals surface area contributed by atoms with Crippen LogP contribution >= 0.6 is 50.7 Å². The molecule has 10 N–H and O–H groups in total. The molecule has 0 spiro atoms. The summed E-state index contributed by atoms with van der Waals surface area (Å²) in [6.45, 7) is 4.43. The molecule has 0 radical (unpaired) electrons. The number of aromatic nitrogens is 2. The van der Waals surface area contributed by atoms with E-state index in [9.17, 15) is 14.4 Å². The number of urea groups is 2. The second-order valence-corrected chi connectivity index (χ2v) is 19.7. The van der Waals surface area contributed by atoms with Crippen molar-refractivity contribution < 1.29 is 34.5 Å². The van der Waals surface area contributed by atoms with Crippen LogP contribution in [-0.2, 0) is 4.79 Å². The van der Waals surface area contributed by atoms with E-state index in [1.807, 2.05) is 48.5 Å². The summed E-state index contributed by atoms with van der Waals surface area (Å²) in [6, 6.07) is 52.1. The summed E-state index contributed by atoms with van der Waals surface area (Å²) in [7, 11) is -3.00. The number of nitrogens with two attached hydrogens (primary N) is 1. The van der Waals surface area contributed by atoms with Crippen molar-refractivity contribution in [2.24, 2.45) is 4.99 Å². The summed E-state index contributed by atoms with van der Waals surface area (Å²) in [5.74, 6) is 2.11. The number of amides is 4. The molecule has 4 heterocycles. The van der Waals surface area contributed by atoms with Crippen molar-refractivity contribution in [3.8, 4) is 11.3 Å². The van der Waals surface area contributed by atoms with Crippen LogP contribution < -0.4 is 47.7 Å². The van der Waals surface area contributed by atoms with Gasteiger partial charge in [-0.05, 0) is 186 Å². The van der Waals surface area contributed by atoms with Crippen LogP contribution in [0.1, 0.15) is 25.7 Å². The Bertz CT molecular complexity index is 3290. The summed E-state index contributed by atoms with van der Waals surface area (Å²) in [5.41, 5.74) is 11.5. The van der Waals surface area contributed by atoms with Gasteiger partial charge in [0.25, 0.3) is 0 Å². The number of hydrogen-bond acceptors (Lipinski definition) is 13. The van der Waals surface area contributed by atoms with E-state index in [4.69, 9.17) is 65.6 Å². The first-order valence-corrected chi connectivity index (χ1v) is 26.9. The minimum atomic E-state index is -1.57. The Morgan fingerprint density at radius 3 is 1.43 bits per heavy atom. The van der Waals surface area contributed by atoms with Crippen LogP contribution in [0.25, 0.3) is 11.3 Å². The van der Waals surface area contributed by atoms with Crippen molar-refractivity contribution in [3.05, 3.63) is 202 Å². The highest BCUT2D eigenvalue weighted by molar-refractivity contribution is 9.10. The summed E-state index contributed by atoms with van der Waals surface area (Å²) >= 11 is 20.6. The molecule has 6 aromatic carbocycles. The first kappa shape index (κ1) is 61.5. The third-order valence-corrected chi connectivity index (χ3v) is 12.8. The van der Waals surface area contributed by atoms with E-state index >= 15 is 0 Å². The Kier molecular flexibility index (Phi) is 24.9. The van der Waals surface area contributed by atoms with Gasteiger partial charge in [0, 0.05) is 75.2 Å². The summed E-state index contributed by atoms with van der Waals surface area (Å²) < 4.78 is 0.923. The molecular weight excluding hydrogens is 1140 g/mol. The van der Waals surface area contributed by atoms with E-state index in [1.54, 1.807) is 109 Å². The lowest BCUT2D eigenvalue weighted by molar-refractivity contribution is 0.261. The average molecular weight is 1200 g/mol. The van der Waals surface area contributed by atoms with E-state index < -0.39 is 20.3 Å². The van der Waals surface area contributed by atoms with Gasteiger partial charge in [-0.1, -0.05) is 83.3 Å². The summed E-state index contributed by atoms with van der Waals surface area (Å²) in [6.07, 6.45) is 6.47. The van der Waals surface area contributed by atoms with Crippen molar-refractivity contribution in [1.29, 1.82) is 0 Å². The van der Waals surface area contributed by atoms with Gasteiger partial charge in [0.1, 0.15) is 16.2 Å². The molecule has 4 amide bonds. The maximum atomic E-state index is 12.3. The molecule has 80 heavy (non-hydrogen) atoms. The van der Waals surface area contributed by atoms with Crippen LogP contribution in [0.2, 0.25) is 15.1 Å². The number of carbonyl (C=O) groups is 2. The highest BCUT2D eigenvalue weighted by Crippen LogP contribution is 2.26. The van der Waals surface area contributed by atoms with E-state index in [2.05, 4.69) is 69.1 Å². The van der Waals surface area contributed by atoms with Crippen molar-refractivity contribution in [2.75, 3.05) is 63.0 Å². The fourth-order valence-corrected chi connectivity index (χ4v) is 8.41. The van der Waals surface area contributed by atoms with Crippen molar-refractivity contribution in [1.82, 2.24) is 9.97 Å². The minimum absolute atomic E-state index is 0.300. The fourth-order valence-electron chi connectivity index (χ4n) is 7.70. The maximum Gasteiger partial charge on any atom is 0.488 e. The zero-order valence-corrected chi connectivity index (χ0v) is 46.8. The quantitative estimate of drug-likeness (QED) is 0.0204. The van der Waals surface area contributed by atoms with E-state index in [0.717, 1.165) is 53.7 Å². The highest BCUT2D eigenvalue weighted by atomic mass is 79.9. The predicted molar refractivity (Wildman–Crippen MR) is 329 cm³/mol.